The van der Waals surface area contributed by atoms with Gasteiger partial charge in [0.2, 0.25) is 0 Å². The van der Waals surface area contributed by atoms with Crippen molar-refractivity contribution in [2.24, 2.45) is 5.92 Å². The molecule has 0 saturated heterocycles. The van der Waals surface area contributed by atoms with Crippen LogP contribution in [0.4, 0.5) is 0 Å². The van der Waals surface area contributed by atoms with Gasteiger partial charge in [-0.1, -0.05) is 13.0 Å². The van der Waals surface area contributed by atoms with Gasteiger partial charge in [0.05, 0.1) is 7.11 Å². The maximum absolute atomic E-state index is 5.51. The van der Waals surface area contributed by atoms with Crippen LogP contribution >= 0.6 is 0 Å². The summed E-state index contributed by atoms with van der Waals surface area (Å²) in [5, 5.41) is 3.38. The third-order valence-corrected chi connectivity index (χ3v) is 4.34. The standard InChI is InChI=1S/C17H28N2O/c1-5-18-11-14-6-9-17(20-4)16(10-14)12-19(3)13(2)15-7-8-15/h6,9-10,13,15,18H,5,7-8,11-12H2,1-4H3. The molecule has 1 aliphatic rings. The van der Waals surface area contributed by atoms with Crippen LogP contribution in [0.15, 0.2) is 18.2 Å². The third-order valence-electron chi connectivity index (χ3n) is 4.34. The zero-order chi connectivity index (χ0) is 14.5. The topological polar surface area (TPSA) is 24.5 Å². The highest BCUT2D eigenvalue weighted by Crippen LogP contribution is 2.35. The molecular weight excluding hydrogens is 248 g/mol. The van der Waals surface area contributed by atoms with Crippen molar-refractivity contribution in [1.29, 1.82) is 0 Å². The van der Waals surface area contributed by atoms with Crippen molar-refractivity contribution < 1.29 is 4.74 Å². The molecule has 20 heavy (non-hydrogen) atoms. The van der Waals surface area contributed by atoms with Crippen LogP contribution in [0, 0.1) is 5.92 Å². The Kier molecular flexibility index (Phi) is 5.44. The minimum Gasteiger partial charge on any atom is -0.496 e. The lowest BCUT2D eigenvalue weighted by atomic mass is 10.1. The summed E-state index contributed by atoms with van der Waals surface area (Å²) in [6.07, 6.45) is 2.78. The van der Waals surface area contributed by atoms with E-state index in [0.29, 0.717) is 6.04 Å². The van der Waals surface area contributed by atoms with Crippen LogP contribution in [0.3, 0.4) is 0 Å². The summed E-state index contributed by atoms with van der Waals surface area (Å²) >= 11 is 0. The van der Waals surface area contributed by atoms with Gasteiger partial charge in [0, 0.05) is 24.7 Å². The molecule has 1 aromatic rings. The molecule has 1 aliphatic carbocycles. The van der Waals surface area contributed by atoms with Gasteiger partial charge in [-0.2, -0.15) is 0 Å². The van der Waals surface area contributed by atoms with Crippen LogP contribution in [0.1, 0.15) is 37.8 Å². The molecule has 1 N–H and O–H groups in total. The Bertz CT molecular complexity index is 429. The van der Waals surface area contributed by atoms with E-state index < -0.39 is 0 Å². The van der Waals surface area contributed by atoms with Crippen LogP contribution < -0.4 is 10.1 Å². The van der Waals surface area contributed by atoms with Gasteiger partial charge in [-0.3, -0.25) is 4.90 Å². The molecule has 3 nitrogen and oxygen atoms in total. The molecule has 0 amide bonds. The van der Waals surface area contributed by atoms with Crippen molar-refractivity contribution >= 4 is 0 Å². The molecule has 1 unspecified atom stereocenters. The average Bonchev–Trinajstić information content (AvgIpc) is 3.29. The molecule has 3 heteroatoms. The molecule has 0 aromatic heterocycles. The zero-order valence-electron chi connectivity index (χ0n) is 13.3. The van der Waals surface area contributed by atoms with E-state index in [2.05, 4.69) is 49.3 Å². The first-order chi connectivity index (χ1) is 9.65. The number of hydrogen-bond acceptors (Lipinski definition) is 3. The number of nitrogens with zero attached hydrogens (tertiary/aromatic N) is 1. The lowest BCUT2D eigenvalue weighted by molar-refractivity contribution is 0.223. The minimum absolute atomic E-state index is 0.664. The van der Waals surface area contributed by atoms with Crippen molar-refractivity contribution in [3.05, 3.63) is 29.3 Å². The highest BCUT2D eigenvalue weighted by molar-refractivity contribution is 5.37. The summed E-state index contributed by atoms with van der Waals surface area (Å²) in [7, 11) is 3.98. The Morgan fingerprint density at radius 2 is 2.15 bits per heavy atom. The number of nitrogens with one attached hydrogen (secondary N) is 1. The fourth-order valence-corrected chi connectivity index (χ4v) is 2.69. The number of hydrogen-bond donors (Lipinski definition) is 1. The van der Waals surface area contributed by atoms with Crippen LogP contribution in [0.2, 0.25) is 0 Å². The molecule has 2 rings (SSSR count). The van der Waals surface area contributed by atoms with Crippen LogP contribution in [-0.2, 0) is 13.1 Å². The van der Waals surface area contributed by atoms with Crippen molar-refractivity contribution in [1.82, 2.24) is 10.2 Å². The molecule has 1 atom stereocenters. The molecule has 112 valence electrons. The zero-order valence-corrected chi connectivity index (χ0v) is 13.3. The summed E-state index contributed by atoms with van der Waals surface area (Å²) in [5.41, 5.74) is 2.62. The summed E-state index contributed by atoms with van der Waals surface area (Å²) in [6.45, 7) is 7.36. The van der Waals surface area contributed by atoms with Gasteiger partial charge in [0.15, 0.2) is 0 Å². The van der Waals surface area contributed by atoms with Crippen LogP contribution in [0.25, 0.3) is 0 Å². The normalized spacial score (nSPS) is 16.4. The fourth-order valence-electron chi connectivity index (χ4n) is 2.69. The van der Waals surface area contributed by atoms with Gasteiger partial charge in [-0.25, -0.2) is 0 Å². The van der Waals surface area contributed by atoms with Gasteiger partial charge in [0.1, 0.15) is 5.75 Å². The summed E-state index contributed by atoms with van der Waals surface area (Å²) in [4.78, 5) is 2.45. The SMILES string of the molecule is CCNCc1ccc(OC)c(CN(C)C(C)C2CC2)c1. The van der Waals surface area contributed by atoms with E-state index in [1.54, 1.807) is 7.11 Å². The first kappa shape index (κ1) is 15.3. The van der Waals surface area contributed by atoms with Gasteiger partial charge in [-0.05, 0) is 57.0 Å². The van der Waals surface area contributed by atoms with E-state index in [0.717, 1.165) is 31.3 Å². The monoisotopic (exact) mass is 276 g/mol. The second kappa shape index (κ2) is 7.09. The quantitative estimate of drug-likeness (QED) is 0.790. The number of methoxy groups -OCH3 is 1. The number of benzene rings is 1. The number of rotatable bonds is 8. The second-order valence-electron chi connectivity index (χ2n) is 5.92. The molecule has 0 heterocycles. The average molecular weight is 276 g/mol. The van der Waals surface area contributed by atoms with E-state index in [1.807, 2.05) is 0 Å². The Morgan fingerprint density at radius 1 is 1.40 bits per heavy atom. The first-order valence-corrected chi connectivity index (χ1v) is 7.72. The van der Waals surface area contributed by atoms with Crippen LogP contribution in [0.5, 0.6) is 5.75 Å². The maximum atomic E-state index is 5.51. The largest absolute Gasteiger partial charge is 0.496 e. The molecule has 1 aromatic carbocycles. The second-order valence-corrected chi connectivity index (χ2v) is 5.92. The van der Waals surface area contributed by atoms with Crippen molar-refractivity contribution in [3.63, 3.8) is 0 Å². The number of ether oxygens (including phenoxy) is 1. The Hall–Kier alpha value is -1.06. The highest BCUT2D eigenvalue weighted by atomic mass is 16.5. The molecule has 1 saturated carbocycles. The third kappa shape index (κ3) is 3.97. The van der Waals surface area contributed by atoms with E-state index in [-0.39, 0.29) is 0 Å². The Morgan fingerprint density at radius 3 is 2.75 bits per heavy atom. The molecular formula is C17H28N2O. The van der Waals surface area contributed by atoms with Gasteiger partial charge < -0.3 is 10.1 Å². The van der Waals surface area contributed by atoms with E-state index >= 15 is 0 Å². The minimum atomic E-state index is 0.664. The first-order valence-electron chi connectivity index (χ1n) is 7.72. The van der Waals surface area contributed by atoms with Crippen molar-refractivity contribution in [2.75, 3.05) is 20.7 Å². The lowest BCUT2D eigenvalue weighted by Gasteiger charge is -2.25. The van der Waals surface area contributed by atoms with Crippen LogP contribution in [-0.4, -0.2) is 31.6 Å². The van der Waals surface area contributed by atoms with E-state index in [9.17, 15) is 0 Å². The Balaban J connectivity index is 2.06. The molecule has 0 bridgehead atoms. The van der Waals surface area contributed by atoms with Crippen molar-refractivity contribution in [3.8, 4) is 5.75 Å². The molecule has 0 aliphatic heterocycles. The Labute approximate surface area is 123 Å². The summed E-state index contributed by atoms with van der Waals surface area (Å²) in [5.74, 6) is 1.90. The highest BCUT2D eigenvalue weighted by Gasteiger charge is 2.30. The smallest absolute Gasteiger partial charge is 0.123 e. The molecule has 0 spiro atoms. The van der Waals surface area contributed by atoms with Gasteiger partial charge in [-0.15, -0.1) is 0 Å². The summed E-state index contributed by atoms with van der Waals surface area (Å²) in [6, 6.07) is 7.18. The van der Waals surface area contributed by atoms with Gasteiger partial charge in [0.25, 0.3) is 0 Å². The predicted octanol–water partition coefficient (Wildman–Crippen LogP) is 3.04. The predicted molar refractivity (Wildman–Crippen MR) is 84.0 cm³/mol. The van der Waals surface area contributed by atoms with E-state index in [1.165, 1.54) is 24.0 Å². The molecule has 1 fully saturated rings. The van der Waals surface area contributed by atoms with Crippen molar-refractivity contribution in [2.45, 2.75) is 45.8 Å². The van der Waals surface area contributed by atoms with E-state index in [4.69, 9.17) is 4.74 Å². The fraction of sp³-hybridized carbons (Fsp3) is 0.647. The lowest BCUT2D eigenvalue weighted by Crippen LogP contribution is -2.30. The van der Waals surface area contributed by atoms with Gasteiger partial charge >= 0.3 is 0 Å². The maximum Gasteiger partial charge on any atom is 0.123 e. The summed E-state index contributed by atoms with van der Waals surface area (Å²) < 4.78 is 5.51. The molecule has 0 radical (unpaired) electrons.